The van der Waals surface area contributed by atoms with E-state index in [2.05, 4.69) is 20.4 Å². The number of fused-ring (bicyclic) bond motifs is 6. The van der Waals surface area contributed by atoms with Crippen LogP contribution in [0.15, 0.2) is 64.0 Å². The Balaban J connectivity index is 1.30. The molecule has 4 aromatic rings. The zero-order valence-corrected chi connectivity index (χ0v) is 21.0. The van der Waals surface area contributed by atoms with E-state index in [0.29, 0.717) is 54.4 Å². The summed E-state index contributed by atoms with van der Waals surface area (Å²) in [6.07, 6.45) is 1.32. The van der Waals surface area contributed by atoms with Crippen molar-refractivity contribution in [2.45, 2.75) is 39.1 Å². The number of aromatic nitrogens is 2. The van der Waals surface area contributed by atoms with Gasteiger partial charge in [-0.3, -0.25) is 19.4 Å². The van der Waals surface area contributed by atoms with E-state index in [9.17, 15) is 9.59 Å². The maximum Gasteiger partial charge on any atom is 0.244 e. The Morgan fingerprint density at radius 1 is 1.00 bits per heavy atom. The lowest BCUT2D eigenvalue weighted by molar-refractivity contribution is -0.125. The number of amides is 1. The molecule has 6 rings (SSSR count). The SMILES string of the molecule is CC(C)[C@@H]1Nc2nc(nc3ccccc23)CN2CCN(Cc3coc4ccccc4c3=O)CC2NC1=O. The third-order valence-corrected chi connectivity index (χ3v) is 7.27. The summed E-state index contributed by atoms with van der Waals surface area (Å²) in [5, 5.41) is 8.15. The summed E-state index contributed by atoms with van der Waals surface area (Å²) in [4.78, 5) is 40.6. The Kier molecular flexibility index (Phi) is 6.10. The number of carbonyl (C=O) groups is 1. The molecule has 37 heavy (non-hydrogen) atoms. The first kappa shape index (κ1) is 23.6. The number of rotatable bonds is 3. The van der Waals surface area contributed by atoms with Gasteiger partial charge in [0, 0.05) is 37.1 Å². The minimum atomic E-state index is -0.450. The summed E-state index contributed by atoms with van der Waals surface area (Å²) in [7, 11) is 0. The first-order valence-electron chi connectivity index (χ1n) is 12.7. The van der Waals surface area contributed by atoms with E-state index in [-0.39, 0.29) is 23.4 Å². The Morgan fingerprint density at radius 2 is 1.78 bits per heavy atom. The van der Waals surface area contributed by atoms with E-state index >= 15 is 0 Å². The fourth-order valence-corrected chi connectivity index (χ4v) is 5.24. The lowest BCUT2D eigenvalue weighted by Crippen LogP contribution is -2.62. The lowest BCUT2D eigenvalue weighted by atomic mass is 10.0. The van der Waals surface area contributed by atoms with Gasteiger partial charge >= 0.3 is 0 Å². The second-order valence-electron chi connectivity index (χ2n) is 10.2. The molecule has 1 unspecified atom stereocenters. The molecule has 1 saturated heterocycles. The molecule has 2 bridgehead atoms. The molecular weight excluding hydrogens is 468 g/mol. The molecular formula is C28H30N6O3. The van der Waals surface area contributed by atoms with Crippen LogP contribution < -0.4 is 16.1 Å². The van der Waals surface area contributed by atoms with Crippen LogP contribution in [0.2, 0.25) is 0 Å². The maximum atomic E-state index is 13.5. The van der Waals surface area contributed by atoms with Crippen LogP contribution in [0, 0.1) is 5.92 Å². The normalized spacial score (nSPS) is 21.0. The standard InChI is InChI=1S/C28H30N6O3/c1-17(2)25-28(36)31-24-15-33(13-18-16-37-22-10-6-4-8-20(22)26(18)35)11-12-34(24)14-23-29-21-9-5-3-7-19(21)27(30-23)32-25/h3-10,16-17,24-25H,11-15H2,1-2H3,(H,31,36)(H,29,30,32)/t24?,25-/m0/s1. The van der Waals surface area contributed by atoms with Crippen molar-refractivity contribution in [3.63, 3.8) is 0 Å². The third-order valence-electron chi connectivity index (χ3n) is 7.27. The predicted molar refractivity (Wildman–Crippen MR) is 142 cm³/mol. The number of benzene rings is 2. The molecule has 2 aromatic carbocycles. The number of hydrogen-bond acceptors (Lipinski definition) is 8. The third kappa shape index (κ3) is 4.56. The van der Waals surface area contributed by atoms with Gasteiger partial charge in [0.05, 0.1) is 29.9 Å². The van der Waals surface area contributed by atoms with Crippen LogP contribution in [-0.2, 0) is 17.9 Å². The minimum Gasteiger partial charge on any atom is -0.464 e. The molecule has 190 valence electrons. The molecule has 0 aliphatic carbocycles. The summed E-state index contributed by atoms with van der Waals surface area (Å²) in [6, 6.07) is 14.7. The highest BCUT2D eigenvalue weighted by atomic mass is 16.3. The van der Waals surface area contributed by atoms with Gasteiger partial charge in [0.2, 0.25) is 5.91 Å². The van der Waals surface area contributed by atoms with Gasteiger partial charge in [-0.1, -0.05) is 38.1 Å². The van der Waals surface area contributed by atoms with Crippen molar-refractivity contribution in [2.75, 3.05) is 25.0 Å². The number of anilines is 1. The van der Waals surface area contributed by atoms with Crippen LogP contribution in [0.1, 0.15) is 25.2 Å². The molecule has 0 saturated carbocycles. The second-order valence-corrected chi connectivity index (χ2v) is 10.2. The van der Waals surface area contributed by atoms with E-state index in [4.69, 9.17) is 14.4 Å². The largest absolute Gasteiger partial charge is 0.464 e. The second kappa shape index (κ2) is 9.57. The molecule has 1 amide bonds. The summed E-state index contributed by atoms with van der Waals surface area (Å²) in [5.74, 6) is 1.39. The number of hydrogen-bond donors (Lipinski definition) is 2. The minimum absolute atomic E-state index is 0.0135. The Hall–Kier alpha value is -3.82. The molecule has 1 fully saturated rings. The van der Waals surface area contributed by atoms with Gasteiger partial charge in [-0.25, -0.2) is 9.97 Å². The van der Waals surface area contributed by atoms with Crippen LogP contribution in [0.25, 0.3) is 21.9 Å². The maximum absolute atomic E-state index is 13.5. The van der Waals surface area contributed by atoms with Gasteiger partial charge in [0.15, 0.2) is 5.43 Å². The zero-order chi connectivity index (χ0) is 25.5. The molecule has 9 nitrogen and oxygen atoms in total. The summed E-state index contributed by atoms with van der Waals surface area (Å²) in [6.45, 7) is 7.04. The van der Waals surface area contributed by atoms with Crippen molar-refractivity contribution in [1.82, 2.24) is 25.1 Å². The molecule has 4 heterocycles. The van der Waals surface area contributed by atoms with Crippen molar-refractivity contribution >= 4 is 33.6 Å². The molecule has 0 spiro atoms. The topological polar surface area (TPSA) is 104 Å². The molecule has 2 aliphatic heterocycles. The Bertz CT molecular complexity index is 1530. The Morgan fingerprint density at radius 3 is 2.62 bits per heavy atom. The average Bonchev–Trinajstić information content (AvgIpc) is 2.89. The van der Waals surface area contributed by atoms with Gasteiger partial charge in [-0.15, -0.1) is 0 Å². The van der Waals surface area contributed by atoms with Crippen molar-refractivity contribution < 1.29 is 9.21 Å². The van der Waals surface area contributed by atoms with E-state index in [1.807, 2.05) is 50.2 Å². The highest BCUT2D eigenvalue weighted by Crippen LogP contribution is 2.25. The van der Waals surface area contributed by atoms with E-state index in [1.165, 1.54) is 0 Å². The highest BCUT2D eigenvalue weighted by Gasteiger charge is 2.33. The predicted octanol–water partition coefficient (Wildman–Crippen LogP) is 2.95. The van der Waals surface area contributed by atoms with Crippen LogP contribution in [-0.4, -0.2) is 57.5 Å². The first-order valence-corrected chi connectivity index (χ1v) is 12.7. The summed E-state index contributed by atoms with van der Waals surface area (Å²) >= 11 is 0. The van der Waals surface area contributed by atoms with Crippen LogP contribution in [0.4, 0.5) is 5.82 Å². The van der Waals surface area contributed by atoms with Crippen LogP contribution >= 0.6 is 0 Å². The van der Waals surface area contributed by atoms with Crippen molar-refractivity contribution in [3.8, 4) is 0 Å². The number of nitrogens with one attached hydrogen (secondary N) is 2. The van der Waals surface area contributed by atoms with Crippen molar-refractivity contribution in [1.29, 1.82) is 0 Å². The smallest absolute Gasteiger partial charge is 0.244 e. The molecule has 2 aromatic heterocycles. The van der Waals surface area contributed by atoms with Crippen molar-refractivity contribution in [2.24, 2.45) is 5.92 Å². The number of piperazine rings is 1. The fourth-order valence-electron chi connectivity index (χ4n) is 5.24. The quantitative estimate of drug-likeness (QED) is 0.445. The van der Waals surface area contributed by atoms with Gasteiger partial charge in [0.25, 0.3) is 0 Å². The molecule has 2 atom stereocenters. The Labute approximate surface area is 214 Å². The molecule has 9 heteroatoms. The highest BCUT2D eigenvalue weighted by molar-refractivity contribution is 5.92. The number of nitrogens with zero attached hydrogens (tertiary/aromatic N) is 4. The van der Waals surface area contributed by atoms with E-state index < -0.39 is 6.04 Å². The van der Waals surface area contributed by atoms with Gasteiger partial charge in [0.1, 0.15) is 23.3 Å². The number of carbonyl (C=O) groups excluding carboxylic acids is 1. The monoisotopic (exact) mass is 498 g/mol. The summed E-state index contributed by atoms with van der Waals surface area (Å²) < 4.78 is 5.72. The lowest BCUT2D eigenvalue weighted by Gasteiger charge is -2.42. The molecule has 2 N–H and O–H groups in total. The first-order chi connectivity index (χ1) is 18.0. The van der Waals surface area contributed by atoms with Crippen LogP contribution in [0.5, 0.6) is 0 Å². The number of para-hydroxylation sites is 2. The van der Waals surface area contributed by atoms with Crippen LogP contribution in [0.3, 0.4) is 0 Å². The van der Waals surface area contributed by atoms with E-state index in [1.54, 1.807) is 18.4 Å². The average molecular weight is 499 g/mol. The summed E-state index contributed by atoms with van der Waals surface area (Å²) in [5.41, 5.74) is 2.04. The van der Waals surface area contributed by atoms with Gasteiger partial charge in [-0.05, 0) is 30.2 Å². The van der Waals surface area contributed by atoms with Crippen molar-refractivity contribution in [3.05, 3.63) is 76.4 Å². The fraction of sp³-hybridized carbons (Fsp3) is 0.357. The molecule has 2 aliphatic rings. The van der Waals surface area contributed by atoms with Gasteiger partial charge in [-0.2, -0.15) is 0 Å². The molecule has 0 radical (unpaired) electrons. The zero-order valence-electron chi connectivity index (χ0n) is 21.0. The van der Waals surface area contributed by atoms with Gasteiger partial charge < -0.3 is 15.1 Å². The van der Waals surface area contributed by atoms with E-state index in [0.717, 1.165) is 17.4 Å².